The quantitative estimate of drug-likeness (QED) is 0.589. The zero-order chi connectivity index (χ0) is 8.72. The second-order valence-electron chi connectivity index (χ2n) is 3.17. The standard InChI is InChI=1S/C8H12N2OS/c1-6-7-5-12(11)4-3-8(7)10(2)9-6/h3-5H2,1-2H3. The second-order valence-corrected chi connectivity index (χ2v) is 4.75. The molecule has 0 spiro atoms. The molecule has 1 aliphatic rings. The smallest absolute Gasteiger partial charge is 0.0637 e. The van der Waals surface area contributed by atoms with E-state index in [1.807, 2.05) is 18.7 Å². The van der Waals surface area contributed by atoms with Gasteiger partial charge in [0.05, 0.1) is 11.4 Å². The zero-order valence-electron chi connectivity index (χ0n) is 7.33. The van der Waals surface area contributed by atoms with E-state index in [9.17, 15) is 4.21 Å². The Bertz CT molecular complexity index is 343. The molecule has 0 N–H and O–H groups in total. The maximum absolute atomic E-state index is 11.3. The minimum atomic E-state index is -0.652. The van der Waals surface area contributed by atoms with Crippen LogP contribution in [0.3, 0.4) is 0 Å². The van der Waals surface area contributed by atoms with Crippen molar-refractivity contribution in [1.29, 1.82) is 0 Å². The molecule has 3 nitrogen and oxygen atoms in total. The van der Waals surface area contributed by atoms with Crippen molar-refractivity contribution in [2.75, 3.05) is 5.75 Å². The highest BCUT2D eigenvalue weighted by Crippen LogP contribution is 2.20. The summed E-state index contributed by atoms with van der Waals surface area (Å²) in [6, 6.07) is 0. The predicted octanol–water partition coefficient (Wildman–Crippen LogP) is 0.533. The van der Waals surface area contributed by atoms with Gasteiger partial charge in [-0.1, -0.05) is 0 Å². The Morgan fingerprint density at radius 3 is 3.08 bits per heavy atom. The lowest BCUT2D eigenvalue weighted by molar-refractivity contribution is 0.672. The van der Waals surface area contributed by atoms with Crippen LogP contribution in [-0.4, -0.2) is 19.7 Å². The average Bonchev–Trinajstić information content (AvgIpc) is 2.28. The van der Waals surface area contributed by atoms with E-state index in [1.165, 1.54) is 11.3 Å². The van der Waals surface area contributed by atoms with Crippen molar-refractivity contribution in [2.24, 2.45) is 7.05 Å². The van der Waals surface area contributed by atoms with Crippen LogP contribution in [0.1, 0.15) is 17.0 Å². The molecule has 66 valence electrons. The fraction of sp³-hybridized carbons (Fsp3) is 0.625. The first-order chi connectivity index (χ1) is 5.68. The van der Waals surface area contributed by atoms with Gasteiger partial charge in [0.25, 0.3) is 0 Å². The van der Waals surface area contributed by atoms with E-state index in [0.29, 0.717) is 5.75 Å². The van der Waals surface area contributed by atoms with Gasteiger partial charge in [0.2, 0.25) is 0 Å². The number of hydrogen-bond donors (Lipinski definition) is 0. The van der Waals surface area contributed by atoms with Crippen LogP contribution < -0.4 is 0 Å². The molecule has 0 bridgehead atoms. The van der Waals surface area contributed by atoms with Crippen molar-refractivity contribution in [1.82, 2.24) is 9.78 Å². The SMILES string of the molecule is Cc1nn(C)c2c1CS(=O)CC2. The van der Waals surface area contributed by atoms with E-state index in [1.54, 1.807) is 0 Å². The monoisotopic (exact) mass is 184 g/mol. The summed E-state index contributed by atoms with van der Waals surface area (Å²) in [6.45, 7) is 1.99. The van der Waals surface area contributed by atoms with E-state index in [-0.39, 0.29) is 0 Å². The highest BCUT2D eigenvalue weighted by Gasteiger charge is 2.20. The van der Waals surface area contributed by atoms with Crippen molar-refractivity contribution < 1.29 is 4.21 Å². The van der Waals surface area contributed by atoms with Gasteiger partial charge in [-0.05, 0) is 6.92 Å². The van der Waals surface area contributed by atoms with Crippen molar-refractivity contribution in [3.05, 3.63) is 17.0 Å². The first-order valence-electron chi connectivity index (χ1n) is 4.05. The molecule has 12 heavy (non-hydrogen) atoms. The summed E-state index contributed by atoms with van der Waals surface area (Å²) >= 11 is 0. The summed E-state index contributed by atoms with van der Waals surface area (Å²) < 4.78 is 13.2. The van der Waals surface area contributed by atoms with E-state index in [4.69, 9.17) is 0 Å². The summed E-state index contributed by atoms with van der Waals surface area (Å²) in [6.07, 6.45) is 0.916. The molecule has 4 heteroatoms. The summed E-state index contributed by atoms with van der Waals surface area (Å²) in [7, 11) is 1.31. The minimum Gasteiger partial charge on any atom is -0.272 e. The molecule has 2 heterocycles. The lowest BCUT2D eigenvalue weighted by atomic mass is 10.2. The predicted molar refractivity (Wildman–Crippen MR) is 48.4 cm³/mol. The third-order valence-corrected chi connectivity index (χ3v) is 3.62. The Morgan fingerprint density at radius 1 is 1.58 bits per heavy atom. The topological polar surface area (TPSA) is 34.9 Å². The summed E-state index contributed by atoms with van der Waals surface area (Å²) in [4.78, 5) is 0. The lowest BCUT2D eigenvalue weighted by Gasteiger charge is -2.11. The Balaban J connectivity index is 2.51. The van der Waals surface area contributed by atoms with Crippen LogP contribution in [-0.2, 0) is 30.0 Å². The number of fused-ring (bicyclic) bond motifs is 1. The molecular weight excluding hydrogens is 172 g/mol. The van der Waals surface area contributed by atoms with Crippen molar-refractivity contribution in [3.8, 4) is 0 Å². The van der Waals surface area contributed by atoms with Crippen LogP contribution in [0.25, 0.3) is 0 Å². The Hall–Kier alpha value is -0.640. The molecule has 1 atom stereocenters. The second kappa shape index (κ2) is 2.69. The van der Waals surface area contributed by atoms with Gasteiger partial charge in [-0.25, -0.2) is 0 Å². The molecule has 0 aliphatic carbocycles. The minimum absolute atomic E-state index is 0.652. The van der Waals surface area contributed by atoms with Gasteiger partial charge in [-0.2, -0.15) is 5.10 Å². The molecule has 0 radical (unpaired) electrons. The largest absolute Gasteiger partial charge is 0.272 e. The number of aromatic nitrogens is 2. The molecule has 0 amide bonds. The van der Waals surface area contributed by atoms with Crippen LogP contribution in [0.15, 0.2) is 0 Å². The number of nitrogens with zero attached hydrogens (tertiary/aromatic N) is 2. The van der Waals surface area contributed by atoms with Crippen LogP contribution in [0.5, 0.6) is 0 Å². The first-order valence-corrected chi connectivity index (χ1v) is 5.53. The number of hydrogen-bond acceptors (Lipinski definition) is 2. The molecule has 0 saturated heterocycles. The first kappa shape index (κ1) is 7.98. The number of rotatable bonds is 0. The molecule has 1 aromatic heterocycles. The highest BCUT2D eigenvalue weighted by atomic mass is 32.2. The fourth-order valence-corrected chi connectivity index (χ4v) is 2.96. The molecule has 0 saturated carbocycles. The highest BCUT2D eigenvalue weighted by molar-refractivity contribution is 7.84. The Morgan fingerprint density at radius 2 is 2.33 bits per heavy atom. The molecular formula is C8H12N2OS. The number of aryl methyl sites for hydroxylation is 2. The van der Waals surface area contributed by atoms with Crippen LogP contribution in [0.2, 0.25) is 0 Å². The molecule has 1 unspecified atom stereocenters. The summed E-state index contributed by atoms with van der Waals surface area (Å²) in [5.74, 6) is 1.50. The van der Waals surface area contributed by atoms with Crippen molar-refractivity contribution in [3.63, 3.8) is 0 Å². The molecule has 1 aliphatic heterocycles. The normalized spacial score (nSPS) is 22.3. The lowest BCUT2D eigenvalue weighted by Crippen LogP contribution is -2.14. The van der Waals surface area contributed by atoms with Gasteiger partial charge in [0, 0.05) is 41.3 Å². The van der Waals surface area contributed by atoms with E-state index in [2.05, 4.69) is 5.10 Å². The van der Waals surface area contributed by atoms with E-state index in [0.717, 1.165) is 17.9 Å². The summed E-state index contributed by atoms with van der Waals surface area (Å²) in [5, 5.41) is 4.31. The Labute approximate surface area is 74.2 Å². The van der Waals surface area contributed by atoms with Gasteiger partial charge in [0.1, 0.15) is 0 Å². The fourth-order valence-electron chi connectivity index (χ4n) is 1.69. The third-order valence-electron chi connectivity index (χ3n) is 2.35. The van der Waals surface area contributed by atoms with E-state index < -0.39 is 10.8 Å². The molecule has 0 aromatic carbocycles. The van der Waals surface area contributed by atoms with Gasteiger partial charge in [0.15, 0.2) is 0 Å². The van der Waals surface area contributed by atoms with Crippen LogP contribution in [0.4, 0.5) is 0 Å². The molecule has 0 fully saturated rings. The molecule has 2 rings (SSSR count). The maximum atomic E-state index is 11.3. The van der Waals surface area contributed by atoms with Gasteiger partial charge < -0.3 is 0 Å². The average molecular weight is 184 g/mol. The summed E-state index contributed by atoms with van der Waals surface area (Å²) in [5.41, 5.74) is 3.52. The van der Waals surface area contributed by atoms with Crippen LogP contribution >= 0.6 is 0 Å². The van der Waals surface area contributed by atoms with Gasteiger partial charge >= 0.3 is 0 Å². The maximum Gasteiger partial charge on any atom is 0.0637 e. The zero-order valence-corrected chi connectivity index (χ0v) is 8.15. The van der Waals surface area contributed by atoms with Crippen molar-refractivity contribution >= 4 is 10.8 Å². The third kappa shape index (κ3) is 1.10. The van der Waals surface area contributed by atoms with E-state index >= 15 is 0 Å². The Kier molecular flexibility index (Phi) is 1.79. The van der Waals surface area contributed by atoms with Crippen LogP contribution in [0, 0.1) is 6.92 Å². The molecule has 1 aromatic rings. The van der Waals surface area contributed by atoms with Gasteiger partial charge in [-0.3, -0.25) is 8.89 Å². The van der Waals surface area contributed by atoms with Crippen molar-refractivity contribution in [2.45, 2.75) is 19.1 Å². The van der Waals surface area contributed by atoms with Gasteiger partial charge in [-0.15, -0.1) is 0 Å².